The van der Waals surface area contributed by atoms with Gasteiger partial charge in [-0.15, -0.1) is 11.3 Å². The molecule has 0 saturated heterocycles. The number of hydrogen-bond acceptors (Lipinski definition) is 3. The van der Waals surface area contributed by atoms with Crippen LogP contribution in [-0.2, 0) is 4.79 Å². The lowest BCUT2D eigenvalue weighted by Gasteiger charge is -1.95. The average molecular weight is 196 g/mol. The summed E-state index contributed by atoms with van der Waals surface area (Å²) in [5.74, 6) is 0.709. The smallest absolute Gasteiger partial charge is 0.225 e. The molecule has 1 amide bonds. The molecule has 0 radical (unpaired) electrons. The van der Waals surface area contributed by atoms with Crippen molar-refractivity contribution in [3.63, 3.8) is 0 Å². The molecule has 1 aromatic heterocycles. The molecule has 1 heterocycles. The van der Waals surface area contributed by atoms with Crippen LogP contribution in [0.2, 0.25) is 0 Å². The maximum atomic E-state index is 11.0. The van der Waals surface area contributed by atoms with Crippen LogP contribution < -0.4 is 5.32 Å². The monoisotopic (exact) mass is 196 g/mol. The summed E-state index contributed by atoms with van der Waals surface area (Å²) in [5.41, 5.74) is 1.15. The van der Waals surface area contributed by atoms with Crippen molar-refractivity contribution in [2.45, 2.75) is 32.1 Å². The zero-order chi connectivity index (χ0) is 9.26. The second-order valence-electron chi connectivity index (χ2n) is 3.25. The first-order valence-corrected chi connectivity index (χ1v) is 5.43. The minimum atomic E-state index is 0.0386. The fourth-order valence-electron chi connectivity index (χ4n) is 1.12. The van der Waals surface area contributed by atoms with Crippen LogP contribution in [-0.4, -0.2) is 10.9 Å². The standard InChI is InChI=1S/C9H12N2OS/c1-2-8(12)11-9-10-7(5-13-9)6-3-4-6/h5-6H,2-4H2,1H3,(H,10,11,12). The number of rotatable bonds is 3. The van der Waals surface area contributed by atoms with Crippen molar-refractivity contribution in [1.29, 1.82) is 0 Å². The normalized spacial score (nSPS) is 15.8. The Bertz CT molecular complexity index is 317. The Morgan fingerprint density at radius 1 is 1.77 bits per heavy atom. The molecule has 2 rings (SSSR count). The van der Waals surface area contributed by atoms with E-state index in [-0.39, 0.29) is 5.91 Å². The van der Waals surface area contributed by atoms with Gasteiger partial charge in [0.2, 0.25) is 5.91 Å². The zero-order valence-corrected chi connectivity index (χ0v) is 8.36. The summed E-state index contributed by atoms with van der Waals surface area (Å²) >= 11 is 1.52. The molecule has 1 fully saturated rings. The summed E-state index contributed by atoms with van der Waals surface area (Å²) in [4.78, 5) is 15.4. The Labute approximate surface area is 81.2 Å². The van der Waals surface area contributed by atoms with E-state index >= 15 is 0 Å². The molecular formula is C9H12N2OS. The highest BCUT2D eigenvalue weighted by Gasteiger charge is 2.26. The molecule has 0 unspecified atom stereocenters. The number of nitrogens with one attached hydrogen (secondary N) is 1. The van der Waals surface area contributed by atoms with Crippen LogP contribution in [0.1, 0.15) is 37.8 Å². The molecular weight excluding hydrogens is 184 g/mol. The maximum Gasteiger partial charge on any atom is 0.225 e. The number of anilines is 1. The van der Waals surface area contributed by atoms with Crippen molar-refractivity contribution in [3.05, 3.63) is 11.1 Å². The van der Waals surface area contributed by atoms with Crippen LogP contribution in [0, 0.1) is 0 Å². The Morgan fingerprint density at radius 3 is 3.15 bits per heavy atom. The van der Waals surface area contributed by atoms with Crippen molar-refractivity contribution in [2.24, 2.45) is 0 Å². The van der Waals surface area contributed by atoms with Gasteiger partial charge in [-0.25, -0.2) is 4.98 Å². The first-order chi connectivity index (χ1) is 6.29. The molecule has 0 aliphatic heterocycles. The highest BCUT2D eigenvalue weighted by Crippen LogP contribution is 2.40. The zero-order valence-electron chi connectivity index (χ0n) is 7.54. The van der Waals surface area contributed by atoms with Gasteiger partial charge in [-0.2, -0.15) is 0 Å². The fraction of sp³-hybridized carbons (Fsp3) is 0.556. The lowest BCUT2D eigenvalue weighted by Crippen LogP contribution is -2.08. The van der Waals surface area contributed by atoms with E-state index in [1.807, 2.05) is 12.3 Å². The van der Waals surface area contributed by atoms with Crippen molar-refractivity contribution in [3.8, 4) is 0 Å². The molecule has 1 aliphatic rings. The molecule has 0 atom stereocenters. The van der Waals surface area contributed by atoms with Crippen molar-refractivity contribution in [2.75, 3.05) is 5.32 Å². The van der Waals surface area contributed by atoms with Gasteiger partial charge in [-0.05, 0) is 12.8 Å². The number of aromatic nitrogens is 1. The molecule has 13 heavy (non-hydrogen) atoms. The Morgan fingerprint density at radius 2 is 2.54 bits per heavy atom. The van der Waals surface area contributed by atoms with Crippen LogP contribution >= 0.6 is 11.3 Å². The van der Waals surface area contributed by atoms with Crippen LogP contribution in [0.15, 0.2) is 5.38 Å². The second kappa shape index (κ2) is 3.46. The van der Waals surface area contributed by atoms with Crippen molar-refractivity contribution >= 4 is 22.4 Å². The number of amides is 1. The summed E-state index contributed by atoms with van der Waals surface area (Å²) in [5, 5.41) is 5.55. The van der Waals surface area contributed by atoms with E-state index in [0.717, 1.165) is 10.8 Å². The molecule has 3 nitrogen and oxygen atoms in total. The maximum absolute atomic E-state index is 11.0. The van der Waals surface area contributed by atoms with Gasteiger partial charge in [0.1, 0.15) is 0 Å². The molecule has 1 saturated carbocycles. The summed E-state index contributed by atoms with van der Waals surface area (Å²) < 4.78 is 0. The van der Waals surface area contributed by atoms with E-state index in [9.17, 15) is 4.79 Å². The molecule has 4 heteroatoms. The van der Waals surface area contributed by atoms with Crippen molar-refractivity contribution in [1.82, 2.24) is 4.98 Å². The summed E-state index contributed by atoms with van der Waals surface area (Å²) in [6.07, 6.45) is 3.02. The summed E-state index contributed by atoms with van der Waals surface area (Å²) in [6.45, 7) is 1.84. The summed E-state index contributed by atoms with van der Waals surface area (Å²) in [6, 6.07) is 0. The van der Waals surface area contributed by atoms with Crippen LogP contribution in [0.3, 0.4) is 0 Å². The first-order valence-electron chi connectivity index (χ1n) is 4.55. The van der Waals surface area contributed by atoms with Gasteiger partial charge in [0, 0.05) is 17.7 Å². The van der Waals surface area contributed by atoms with E-state index in [2.05, 4.69) is 10.3 Å². The van der Waals surface area contributed by atoms with Crippen molar-refractivity contribution < 1.29 is 4.79 Å². The first kappa shape index (κ1) is 8.69. The fourth-order valence-corrected chi connectivity index (χ4v) is 1.93. The predicted molar refractivity (Wildman–Crippen MR) is 53.0 cm³/mol. The molecule has 0 bridgehead atoms. The van der Waals surface area contributed by atoms with Gasteiger partial charge in [0.15, 0.2) is 5.13 Å². The van der Waals surface area contributed by atoms with E-state index in [1.54, 1.807) is 0 Å². The highest BCUT2D eigenvalue weighted by atomic mass is 32.1. The molecule has 70 valence electrons. The van der Waals surface area contributed by atoms with Gasteiger partial charge in [0.05, 0.1) is 5.69 Å². The van der Waals surface area contributed by atoms with Crippen LogP contribution in [0.5, 0.6) is 0 Å². The molecule has 0 spiro atoms. The second-order valence-corrected chi connectivity index (χ2v) is 4.11. The molecule has 0 aromatic carbocycles. The lowest BCUT2D eigenvalue weighted by molar-refractivity contribution is -0.115. The van der Waals surface area contributed by atoms with Crippen LogP contribution in [0.4, 0.5) is 5.13 Å². The minimum absolute atomic E-state index is 0.0386. The van der Waals surface area contributed by atoms with E-state index in [1.165, 1.54) is 24.2 Å². The average Bonchev–Trinajstić information content (AvgIpc) is 2.88. The van der Waals surface area contributed by atoms with Crippen LogP contribution in [0.25, 0.3) is 0 Å². The third-order valence-corrected chi connectivity index (χ3v) is 2.86. The Balaban J connectivity index is 2.00. The largest absolute Gasteiger partial charge is 0.302 e. The quantitative estimate of drug-likeness (QED) is 0.806. The third-order valence-electron chi connectivity index (χ3n) is 2.09. The SMILES string of the molecule is CCC(=O)Nc1nc(C2CC2)cs1. The van der Waals surface area contributed by atoms with Gasteiger partial charge < -0.3 is 5.32 Å². The molecule has 1 N–H and O–H groups in total. The summed E-state index contributed by atoms with van der Waals surface area (Å²) in [7, 11) is 0. The Kier molecular flexibility index (Phi) is 2.31. The number of thiazole rings is 1. The van der Waals surface area contributed by atoms with Gasteiger partial charge in [-0.3, -0.25) is 4.79 Å². The molecule has 1 aromatic rings. The van der Waals surface area contributed by atoms with E-state index in [4.69, 9.17) is 0 Å². The van der Waals surface area contributed by atoms with Gasteiger partial charge >= 0.3 is 0 Å². The topological polar surface area (TPSA) is 42.0 Å². The number of carbonyl (C=O) groups is 1. The van der Waals surface area contributed by atoms with Gasteiger partial charge in [0.25, 0.3) is 0 Å². The van der Waals surface area contributed by atoms with Gasteiger partial charge in [-0.1, -0.05) is 6.92 Å². The number of hydrogen-bond donors (Lipinski definition) is 1. The number of carbonyl (C=O) groups excluding carboxylic acids is 1. The van der Waals surface area contributed by atoms with E-state index < -0.39 is 0 Å². The number of nitrogens with zero attached hydrogens (tertiary/aromatic N) is 1. The third kappa shape index (κ3) is 2.06. The van der Waals surface area contributed by atoms with E-state index in [0.29, 0.717) is 12.3 Å². The highest BCUT2D eigenvalue weighted by molar-refractivity contribution is 7.13. The lowest BCUT2D eigenvalue weighted by atomic mass is 10.3. The minimum Gasteiger partial charge on any atom is -0.302 e. The predicted octanol–water partition coefficient (Wildman–Crippen LogP) is 2.37. The molecule has 1 aliphatic carbocycles. The Hall–Kier alpha value is -0.900.